The highest BCUT2D eigenvalue weighted by atomic mass is 16.5. The predicted octanol–water partition coefficient (Wildman–Crippen LogP) is 3.88. The van der Waals surface area contributed by atoms with Crippen molar-refractivity contribution in [3.63, 3.8) is 0 Å². The fraction of sp³-hybridized carbons (Fsp3) is 0.304. The van der Waals surface area contributed by atoms with E-state index in [0.717, 1.165) is 11.1 Å². The van der Waals surface area contributed by atoms with Crippen molar-refractivity contribution < 1.29 is 13.9 Å². The van der Waals surface area contributed by atoms with E-state index in [1.165, 1.54) is 6.07 Å². The highest BCUT2D eigenvalue weighted by molar-refractivity contribution is 5.97. The smallest absolute Gasteiger partial charge is 0.338 e. The summed E-state index contributed by atoms with van der Waals surface area (Å²) in [6, 6.07) is 13.6. The Morgan fingerprint density at radius 3 is 2.63 bits per heavy atom. The van der Waals surface area contributed by atoms with Crippen LogP contribution in [-0.2, 0) is 4.79 Å². The Kier molecular flexibility index (Phi) is 6.42. The number of nitrogens with one attached hydrogen (secondary N) is 1. The lowest BCUT2D eigenvalue weighted by Crippen LogP contribution is -2.36. The summed E-state index contributed by atoms with van der Waals surface area (Å²) in [5, 5.41) is 3.67. The minimum atomic E-state index is -0.612. The summed E-state index contributed by atoms with van der Waals surface area (Å²) in [4.78, 5) is 26.4. The van der Waals surface area contributed by atoms with Gasteiger partial charge < -0.3 is 25.1 Å². The van der Waals surface area contributed by atoms with Gasteiger partial charge in [0.2, 0.25) is 5.91 Å². The van der Waals surface area contributed by atoms with Crippen molar-refractivity contribution in [2.24, 2.45) is 11.7 Å². The molecule has 158 valence electrons. The first-order chi connectivity index (χ1) is 14.3. The van der Waals surface area contributed by atoms with Crippen molar-refractivity contribution in [1.29, 1.82) is 0 Å². The molecule has 0 fully saturated rings. The second kappa shape index (κ2) is 9.00. The zero-order valence-electron chi connectivity index (χ0n) is 17.6. The standard InChI is InChI=1S/C23H27N3O4/c1-14(2)11-17(24)23(28)25-18-12-15(9-10-21(18)29-4)26(3)19-13-22(27)30-20-8-6-5-7-16(19)20/h5-10,12-14,17H,11,24H2,1-4H3,(H,25,28)/t17-/m0/s1. The molecule has 2 aromatic carbocycles. The largest absolute Gasteiger partial charge is 0.495 e. The van der Waals surface area contributed by atoms with E-state index in [4.69, 9.17) is 14.9 Å². The number of carbonyl (C=O) groups is 1. The summed E-state index contributed by atoms with van der Waals surface area (Å²) >= 11 is 0. The summed E-state index contributed by atoms with van der Waals surface area (Å²) in [6.07, 6.45) is 0.583. The molecule has 0 saturated carbocycles. The van der Waals surface area contributed by atoms with Crippen molar-refractivity contribution in [3.8, 4) is 5.75 Å². The first-order valence-electron chi connectivity index (χ1n) is 9.81. The number of amides is 1. The van der Waals surface area contributed by atoms with Crippen LogP contribution in [0.2, 0.25) is 0 Å². The maximum absolute atomic E-state index is 12.5. The van der Waals surface area contributed by atoms with Crippen LogP contribution in [0.25, 0.3) is 11.0 Å². The van der Waals surface area contributed by atoms with Crippen molar-refractivity contribution in [1.82, 2.24) is 0 Å². The van der Waals surface area contributed by atoms with E-state index >= 15 is 0 Å². The molecule has 3 rings (SSSR count). The fourth-order valence-electron chi connectivity index (χ4n) is 3.35. The predicted molar refractivity (Wildman–Crippen MR) is 120 cm³/mol. The van der Waals surface area contributed by atoms with Crippen molar-refractivity contribution in [3.05, 3.63) is 59.0 Å². The molecular formula is C23H27N3O4. The van der Waals surface area contributed by atoms with Crippen LogP contribution in [0.5, 0.6) is 5.75 Å². The van der Waals surface area contributed by atoms with Gasteiger partial charge in [-0.1, -0.05) is 26.0 Å². The molecule has 0 aliphatic rings. The Balaban J connectivity index is 1.97. The number of para-hydroxylation sites is 1. The number of carbonyl (C=O) groups excluding carboxylic acids is 1. The van der Waals surface area contributed by atoms with E-state index in [1.807, 2.05) is 50.1 Å². The zero-order chi connectivity index (χ0) is 21.8. The SMILES string of the molecule is COc1ccc(N(C)c2cc(=O)oc3ccccc23)cc1NC(=O)[C@@H](N)CC(C)C. The van der Waals surface area contributed by atoms with Gasteiger partial charge in [0.1, 0.15) is 11.3 Å². The van der Waals surface area contributed by atoms with Gasteiger partial charge in [0.15, 0.2) is 0 Å². The first kappa shape index (κ1) is 21.4. The van der Waals surface area contributed by atoms with Crippen LogP contribution in [0, 0.1) is 5.92 Å². The van der Waals surface area contributed by atoms with Gasteiger partial charge in [-0.3, -0.25) is 4.79 Å². The molecule has 3 N–H and O–H groups in total. The third-order valence-electron chi connectivity index (χ3n) is 4.88. The molecule has 1 amide bonds. The molecule has 0 aliphatic carbocycles. The Morgan fingerprint density at radius 2 is 1.93 bits per heavy atom. The molecule has 3 aromatic rings. The van der Waals surface area contributed by atoms with Crippen molar-refractivity contribution >= 4 is 33.9 Å². The van der Waals surface area contributed by atoms with Gasteiger partial charge in [-0.15, -0.1) is 0 Å². The second-order valence-electron chi connectivity index (χ2n) is 7.62. The summed E-state index contributed by atoms with van der Waals surface area (Å²) in [7, 11) is 3.39. The minimum Gasteiger partial charge on any atom is -0.495 e. The number of nitrogens with zero attached hydrogens (tertiary/aromatic N) is 1. The van der Waals surface area contributed by atoms with E-state index in [2.05, 4.69) is 5.32 Å². The monoisotopic (exact) mass is 409 g/mol. The van der Waals surface area contributed by atoms with Crippen LogP contribution in [0.3, 0.4) is 0 Å². The molecule has 7 nitrogen and oxygen atoms in total. The number of rotatable bonds is 7. The molecule has 1 heterocycles. The summed E-state index contributed by atoms with van der Waals surface area (Å²) in [5.74, 6) is 0.561. The van der Waals surface area contributed by atoms with Crippen molar-refractivity contribution in [2.45, 2.75) is 26.3 Å². The molecule has 7 heteroatoms. The van der Waals surface area contributed by atoms with Gasteiger partial charge in [0.25, 0.3) is 0 Å². The Morgan fingerprint density at radius 1 is 1.20 bits per heavy atom. The van der Waals surface area contributed by atoms with Crippen LogP contribution in [0.1, 0.15) is 20.3 Å². The molecule has 0 aliphatic heterocycles. The Labute approximate surface area is 175 Å². The maximum atomic E-state index is 12.5. The van der Waals surface area contributed by atoms with Gasteiger partial charge in [-0.2, -0.15) is 0 Å². The molecule has 0 radical (unpaired) electrons. The van der Waals surface area contributed by atoms with Crippen LogP contribution >= 0.6 is 0 Å². The summed E-state index contributed by atoms with van der Waals surface area (Å²) < 4.78 is 10.7. The average molecular weight is 409 g/mol. The lowest BCUT2D eigenvalue weighted by molar-refractivity contribution is -0.117. The molecule has 0 spiro atoms. The summed E-state index contributed by atoms with van der Waals surface area (Å²) in [5.41, 5.74) is 8.06. The van der Waals surface area contributed by atoms with Crippen LogP contribution in [0.15, 0.2) is 57.7 Å². The first-order valence-corrected chi connectivity index (χ1v) is 9.81. The van der Waals surface area contributed by atoms with Gasteiger partial charge in [0, 0.05) is 24.2 Å². The fourth-order valence-corrected chi connectivity index (χ4v) is 3.35. The second-order valence-corrected chi connectivity index (χ2v) is 7.62. The maximum Gasteiger partial charge on any atom is 0.338 e. The summed E-state index contributed by atoms with van der Waals surface area (Å²) in [6.45, 7) is 4.04. The van der Waals surface area contributed by atoms with E-state index in [-0.39, 0.29) is 5.91 Å². The van der Waals surface area contributed by atoms with E-state index < -0.39 is 11.7 Å². The molecule has 0 unspecified atom stereocenters. The van der Waals surface area contributed by atoms with E-state index in [1.54, 1.807) is 25.3 Å². The molecule has 0 bridgehead atoms. The number of benzene rings is 2. The van der Waals surface area contributed by atoms with Crippen LogP contribution in [-0.4, -0.2) is 26.1 Å². The third-order valence-corrected chi connectivity index (χ3v) is 4.88. The van der Waals surface area contributed by atoms with Crippen LogP contribution < -0.4 is 26.3 Å². The van der Waals surface area contributed by atoms with Gasteiger partial charge >= 0.3 is 5.63 Å². The van der Waals surface area contributed by atoms with Crippen LogP contribution in [0.4, 0.5) is 17.1 Å². The number of ether oxygens (including phenoxy) is 1. The normalized spacial score (nSPS) is 12.1. The minimum absolute atomic E-state index is 0.271. The van der Waals surface area contributed by atoms with Gasteiger partial charge in [0.05, 0.1) is 24.5 Å². The molecule has 1 aromatic heterocycles. The lowest BCUT2D eigenvalue weighted by atomic mass is 10.0. The van der Waals surface area contributed by atoms with Gasteiger partial charge in [-0.05, 0) is 42.7 Å². The quantitative estimate of drug-likeness (QED) is 0.575. The molecule has 0 saturated heterocycles. The van der Waals surface area contributed by atoms with E-state index in [9.17, 15) is 9.59 Å². The number of methoxy groups -OCH3 is 1. The molecule has 1 atom stereocenters. The van der Waals surface area contributed by atoms with Crippen molar-refractivity contribution in [2.75, 3.05) is 24.4 Å². The Bertz CT molecular complexity index is 1110. The number of anilines is 3. The Hall–Kier alpha value is -3.32. The molecule has 30 heavy (non-hydrogen) atoms. The number of fused-ring (bicyclic) bond motifs is 1. The third kappa shape index (κ3) is 4.63. The zero-order valence-corrected chi connectivity index (χ0v) is 17.6. The number of nitrogens with two attached hydrogens (primary N) is 1. The lowest BCUT2D eigenvalue weighted by Gasteiger charge is -2.23. The highest BCUT2D eigenvalue weighted by Gasteiger charge is 2.18. The van der Waals surface area contributed by atoms with Gasteiger partial charge in [-0.25, -0.2) is 4.79 Å². The number of hydrogen-bond donors (Lipinski definition) is 2. The highest BCUT2D eigenvalue weighted by Crippen LogP contribution is 2.34. The molecular weight excluding hydrogens is 382 g/mol. The van der Waals surface area contributed by atoms with E-state index in [0.29, 0.717) is 35.0 Å². The average Bonchev–Trinajstić information content (AvgIpc) is 2.72. The number of hydrogen-bond acceptors (Lipinski definition) is 6. The topological polar surface area (TPSA) is 97.8 Å².